The van der Waals surface area contributed by atoms with Gasteiger partial charge in [0, 0.05) is 31.3 Å². The molecule has 0 saturated carbocycles. The highest BCUT2D eigenvalue weighted by atomic mass is 19.1. The van der Waals surface area contributed by atoms with E-state index >= 15 is 0 Å². The van der Waals surface area contributed by atoms with E-state index in [0.29, 0.717) is 41.8 Å². The quantitative estimate of drug-likeness (QED) is 0.280. The molecule has 1 fully saturated rings. The smallest absolute Gasteiger partial charge is 0.254 e. The maximum Gasteiger partial charge on any atom is 0.254 e. The van der Waals surface area contributed by atoms with Gasteiger partial charge in [-0.25, -0.2) is 9.07 Å². The van der Waals surface area contributed by atoms with Gasteiger partial charge in [-0.3, -0.25) is 4.79 Å². The number of nitrogens with zero attached hydrogens (tertiary/aromatic N) is 3. The Bertz CT molecular complexity index is 1380. The van der Waals surface area contributed by atoms with E-state index in [0.717, 1.165) is 24.0 Å². The summed E-state index contributed by atoms with van der Waals surface area (Å²) in [6.45, 7) is 1.35. The zero-order chi connectivity index (χ0) is 26.5. The van der Waals surface area contributed by atoms with E-state index in [9.17, 15) is 9.18 Å². The minimum absolute atomic E-state index is 0.0529. The minimum Gasteiger partial charge on any atom is -0.497 e. The minimum atomic E-state index is -0.348. The van der Waals surface area contributed by atoms with Crippen LogP contribution in [-0.4, -0.2) is 47.0 Å². The summed E-state index contributed by atoms with van der Waals surface area (Å²) in [4.78, 5) is 15.7. The Labute approximate surface area is 221 Å². The number of aryl methyl sites for hydroxylation is 1. The number of aromatic nitrogens is 2. The van der Waals surface area contributed by atoms with Crippen LogP contribution in [0.3, 0.4) is 0 Å². The molecule has 2 heterocycles. The Morgan fingerprint density at radius 1 is 1.08 bits per heavy atom. The molecular weight excluding hydrogens is 485 g/mol. The summed E-state index contributed by atoms with van der Waals surface area (Å²) in [6, 6.07) is 22.7. The molecule has 0 radical (unpaired) electrons. The SMILES string of the molecule is COc1cccc(C(=O)N(Cc2c(-c3ccccc3)nn(C)c2Oc2ccc(F)cc2)C[C@H]2CCCO2)c1. The fraction of sp³-hybridized carbons (Fsp3) is 0.267. The number of benzene rings is 3. The van der Waals surface area contributed by atoms with Crippen LogP contribution >= 0.6 is 0 Å². The molecule has 0 N–H and O–H groups in total. The number of hydrogen-bond acceptors (Lipinski definition) is 5. The zero-order valence-corrected chi connectivity index (χ0v) is 21.5. The molecule has 196 valence electrons. The summed E-state index contributed by atoms with van der Waals surface area (Å²) in [6.07, 6.45) is 1.80. The Morgan fingerprint density at radius 2 is 1.87 bits per heavy atom. The molecular formula is C30H30FN3O4. The van der Waals surface area contributed by atoms with Gasteiger partial charge in [0.2, 0.25) is 5.88 Å². The number of ether oxygens (including phenoxy) is 3. The summed E-state index contributed by atoms with van der Waals surface area (Å²) in [7, 11) is 3.37. The van der Waals surface area contributed by atoms with Crippen molar-refractivity contribution in [2.75, 3.05) is 20.3 Å². The van der Waals surface area contributed by atoms with Crippen molar-refractivity contribution in [1.29, 1.82) is 0 Å². The second-order valence-corrected chi connectivity index (χ2v) is 9.23. The van der Waals surface area contributed by atoms with Crippen LogP contribution in [0.4, 0.5) is 4.39 Å². The van der Waals surface area contributed by atoms with Gasteiger partial charge in [0.15, 0.2) is 0 Å². The normalized spacial score (nSPS) is 14.9. The molecule has 1 aromatic heterocycles. The first kappa shape index (κ1) is 25.5. The Kier molecular flexibility index (Phi) is 7.70. The number of carbonyl (C=O) groups excluding carboxylic acids is 1. The lowest BCUT2D eigenvalue weighted by atomic mass is 10.1. The average molecular weight is 516 g/mol. The molecule has 38 heavy (non-hydrogen) atoms. The molecule has 1 aliphatic heterocycles. The molecule has 8 heteroatoms. The number of methoxy groups -OCH3 is 1. The molecule has 1 saturated heterocycles. The van der Waals surface area contributed by atoms with E-state index in [1.165, 1.54) is 12.1 Å². The van der Waals surface area contributed by atoms with E-state index in [1.54, 1.807) is 54.1 Å². The van der Waals surface area contributed by atoms with Gasteiger partial charge in [0.1, 0.15) is 23.0 Å². The van der Waals surface area contributed by atoms with Crippen molar-refractivity contribution >= 4 is 5.91 Å². The molecule has 1 aliphatic rings. The molecule has 3 aromatic carbocycles. The van der Waals surface area contributed by atoms with Crippen LogP contribution in [0.1, 0.15) is 28.8 Å². The van der Waals surface area contributed by atoms with Crippen LogP contribution < -0.4 is 9.47 Å². The standard InChI is InChI=1S/C30H30FN3O4/c1-33-30(38-24-15-13-23(31)14-16-24)27(28(32-33)21-8-4-3-5-9-21)20-34(19-26-12-7-17-37-26)29(35)22-10-6-11-25(18-22)36-2/h3-6,8-11,13-16,18,26H,7,12,17,19-20H2,1-2H3/t26-/m1/s1. The second-order valence-electron chi connectivity index (χ2n) is 9.23. The fourth-order valence-electron chi connectivity index (χ4n) is 4.65. The Morgan fingerprint density at radius 3 is 2.58 bits per heavy atom. The van der Waals surface area contributed by atoms with E-state index in [4.69, 9.17) is 19.3 Å². The molecule has 0 unspecified atom stereocenters. The Balaban J connectivity index is 1.56. The van der Waals surface area contributed by atoms with Gasteiger partial charge < -0.3 is 19.1 Å². The number of halogens is 1. The third-order valence-electron chi connectivity index (χ3n) is 6.56. The first-order valence-electron chi connectivity index (χ1n) is 12.6. The fourth-order valence-corrected chi connectivity index (χ4v) is 4.65. The lowest BCUT2D eigenvalue weighted by molar-refractivity contribution is 0.0506. The van der Waals surface area contributed by atoms with E-state index in [-0.39, 0.29) is 24.4 Å². The van der Waals surface area contributed by atoms with Crippen molar-refractivity contribution in [3.63, 3.8) is 0 Å². The maximum absolute atomic E-state index is 13.9. The third kappa shape index (κ3) is 5.70. The summed E-state index contributed by atoms with van der Waals surface area (Å²) in [5, 5.41) is 4.77. The second kappa shape index (κ2) is 11.5. The topological polar surface area (TPSA) is 65.8 Å². The molecule has 1 amide bonds. The van der Waals surface area contributed by atoms with Crippen LogP contribution in [0.5, 0.6) is 17.4 Å². The molecule has 4 aromatic rings. The highest BCUT2D eigenvalue weighted by Crippen LogP contribution is 2.35. The largest absolute Gasteiger partial charge is 0.497 e. The monoisotopic (exact) mass is 515 g/mol. The van der Waals surface area contributed by atoms with Gasteiger partial charge in [-0.05, 0) is 55.3 Å². The van der Waals surface area contributed by atoms with Crippen molar-refractivity contribution in [3.05, 3.63) is 95.8 Å². The van der Waals surface area contributed by atoms with E-state index < -0.39 is 0 Å². The summed E-state index contributed by atoms with van der Waals surface area (Å²) in [5.74, 6) is 1.07. The van der Waals surface area contributed by atoms with Crippen molar-refractivity contribution in [2.24, 2.45) is 7.05 Å². The molecule has 7 nitrogen and oxygen atoms in total. The van der Waals surface area contributed by atoms with Gasteiger partial charge in [-0.1, -0.05) is 36.4 Å². The highest BCUT2D eigenvalue weighted by Gasteiger charge is 2.28. The lowest BCUT2D eigenvalue weighted by Crippen LogP contribution is -2.37. The van der Waals surface area contributed by atoms with E-state index in [2.05, 4.69) is 0 Å². The van der Waals surface area contributed by atoms with Crippen LogP contribution in [0.2, 0.25) is 0 Å². The van der Waals surface area contributed by atoms with E-state index in [1.807, 2.05) is 36.4 Å². The van der Waals surface area contributed by atoms with Crippen LogP contribution in [0.15, 0.2) is 78.9 Å². The Hall–Kier alpha value is -4.17. The van der Waals surface area contributed by atoms with Gasteiger partial charge >= 0.3 is 0 Å². The zero-order valence-electron chi connectivity index (χ0n) is 21.5. The number of rotatable bonds is 9. The van der Waals surface area contributed by atoms with Gasteiger partial charge in [0.25, 0.3) is 5.91 Å². The van der Waals surface area contributed by atoms with Crippen molar-refractivity contribution in [1.82, 2.24) is 14.7 Å². The van der Waals surface area contributed by atoms with Crippen molar-refractivity contribution in [3.8, 4) is 28.6 Å². The van der Waals surface area contributed by atoms with Gasteiger partial charge in [-0.15, -0.1) is 0 Å². The van der Waals surface area contributed by atoms with Crippen molar-refractivity contribution < 1.29 is 23.4 Å². The van der Waals surface area contributed by atoms with Crippen molar-refractivity contribution in [2.45, 2.75) is 25.5 Å². The predicted molar refractivity (Wildman–Crippen MR) is 142 cm³/mol. The van der Waals surface area contributed by atoms with Gasteiger partial charge in [0.05, 0.1) is 25.3 Å². The maximum atomic E-state index is 13.9. The number of carbonyl (C=O) groups is 1. The first-order valence-corrected chi connectivity index (χ1v) is 12.6. The number of hydrogen-bond donors (Lipinski definition) is 0. The third-order valence-corrected chi connectivity index (χ3v) is 6.56. The molecule has 0 bridgehead atoms. The van der Waals surface area contributed by atoms with Crippen LogP contribution in [0.25, 0.3) is 11.3 Å². The predicted octanol–water partition coefficient (Wildman–Crippen LogP) is 5.85. The molecule has 0 spiro atoms. The average Bonchev–Trinajstić information content (AvgIpc) is 3.57. The lowest BCUT2D eigenvalue weighted by Gasteiger charge is -2.26. The number of amides is 1. The summed E-state index contributed by atoms with van der Waals surface area (Å²) >= 11 is 0. The summed E-state index contributed by atoms with van der Waals surface area (Å²) < 4.78 is 32.7. The van der Waals surface area contributed by atoms with Crippen LogP contribution in [-0.2, 0) is 18.3 Å². The van der Waals surface area contributed by atoms with Gasteiger partial charge in [-0.2, -0.15) is 5.10 Å². The van der Waals surface area contributed by atoms with Crippen LogP contribution in [0, 0.1) is 5.82 Å². The first-order chi connectivity index (χ1) is 18.5. The molecule has 5 rings (SSSR count). The highest BCUT2D eigenvalue weighted by molar-refractivity contribution is 5.94. The summed E-state index contributed by atoms with van der Waals surface area (Å²) in [5.41, 5.74) is 2.88. The molecule has 1 atom stereocenters. The molecule has 0 aliphatic carbocycles.